The second kappa shape index (κ2) is 7.06. The average Bonchev–Trinajstić information content (AvgIpc) is 2.97. The van der Waals surface area contributed by atoms with E-state index in [1.807, 2.05) is 19.1 Å². The summed E-state index contributed by atoms with van der Waals surface area (Å²) in [7, 11) is 0. The van der Waals surface area contributed by atoms with Gasteiger partial charge in [-0.25, -0.2) is 4.79 Å². The third-order valence-electron chi connectivity index (χ3n) is 5.55. The number of aryl methyl sites for hydroxylation is 1. The van der Waals surface area contributed by atoms with Crippen LogP contribution in [0.15, 0.2) is 45.6 Å². The lowest BCUT2D eigenvalue weighted by Crippen LogP contribution is -2.17. The minimum atomic E-state index is -0.380. The highest BCUT2D eigenvalue weighted by molar-refractivity contribution is 6.06. The lowest BCUT2D eigenvalue weighted by molar-refractivity contribution is 0.102. The zero-order chi connectivity index (χ0) is 19.0. The number of carbonyl (C=O) groups is 1. The van der Waals surface area contributed by atoms with Crippen LogP contribution in [0.25, 0.3) is 11.0 Å². The fraction of sp³-hybridized carbons (Fsp3) is 0.364. The molecule has 3 aromatic rings. The Morgan fingerprint density at radius 1 is 1.07 bits per heavy atom. The molecule has 1 aliphatic rings. The first-order valence-electron chi connectivity index (χ1n) is 9.56. The van der Waals surface area contributed by atoms with Gasteiger partial charge < -0.3 is 14.3 Å². The molecule has 1 fully saturated rings. The number of anilines is 1. The van der Waals surface area contributed by atoms with E-state index in [9.17, 15) is 9.59 Å². The maximum Gasteiger partial charge on any atom is 0.336 e. The van der Waals surface area contributed by atoms with E-state index in [0.29, 0.717) is 17.3 Å². The van der Waals surface area contributed by atoms with Crippen LogP contribution in [0.1, 0.15) is 59.9 Å². The number of rotatable bonds is 3. The first-order chi connectivity index (χ1) is 13.0. The third-order valence-corrected chi connectivity index (χ3v) is 5.55. The van der Waals surface area contributed by atoms with Gasteiger partial charge in [0, 0.05) is 34.6 Å². The van der Waals surface area contributed by atoms with Crippen LogP contribution in [0.4, 0.5) is 5.69 Å². The molecule has 0 unspecified atom stereocenters. The van der Waals surface area contributed by atoms with Gasteiger partial charge in [-0.2, -0.15) is 0 Å². The van der Waals surface area contributed by atoms with Crippen molar-refractivity contribution in [3.8, 4) is 0 Å². The van der Waals surface area contributed by atoms with Crippen molar-refractivity contribution in [3.63, 3.8) is 0 Å². The van der Waals surface area contributed by atoms with Crippen LogP contribution in [-0.4, -0.2) is 10.5 Å². The van der Waals surface area contributed by atoms with E-state index in [2.05, 4.69) is 16.8 Å². The molecule has 4 rings (SSSR count). The Balaban J connectivity index is 1.60. The number of carbonyl (C=O) groups excluding carboxylic acids is 1. The number of amides is 1. The van der Waals surface area contributed by atoms with Gasteiger partial charge in [0.25, 0.3) is 5.91 Å². The molecule has 0 saturated heterocycles. The van der Waals surface area contributed by atoms with E-state index < -0.39 is 0 Å². The van der Waals surface area contributed by atoms with Gasteiger partial charge in [-0.05, 0) is 57.0 Å². The van der Waals surface area contributed by atoms with Gasteiger partial charge in [-0.1, -0.05) is 19.3 Å². The normalized spacial score (nSPS) is 15.2. The number of hydrogen-bond acceptors (Lipinski definition) is 3. The Morgan fingerprint density at radius 3 is 2.63 bits per heavy atom. The molecule has 1 N–H and O–H groups in total. The lowest BCUT2D eigenvalue weighted by atomic mass is 9.95. The van der Waals surface area contributed by atoms with Gasteiger partial charge in [0.05, 0.1) is 5.56 Å². The van der Waals surface area contributed by atoms with E-state index in [-0.39, 0.29) is 11.5 Å². The largest absolute Gasteiger partial charge is 0.423 e. The SMILES string of the molecule is Cc1cc(C(=O)Nc2ccc3oc(=O)ccc3c2)c(C)n1C1CCCCC1. The summed E-state index contributed by atoms with van der Waals surface area (Å²) < 4.78 is 7.48. The van der Waals surface area contributed by atoms with Crippen LogP contribution in [-0.2, 0) is 0 Å². The Hall–Kier alpha value is -2.82. The average molecular weight is 364 g/mol. The fourth-order valence-corrected chi connectivity index (χ4v) is 4.26. The second-order valence-electron chi connectivity index (χ2n) is 7.41. The predicted octanol–water partition coefficient (Wildman–Crippen LogP) is 4.97. The van der Waals surface area contributed by atoms with Gasteiger partial charge in [-0.3, -0.25) is 4.79 Å². The number of fused-ring (bicyclic) bond motifs is 1. The summed E-state index contributed by atoms with van der Waals surface area (Å²) >= 11 is 0. The summed E-state index contributed by atoms with van der Waals surface area (Å²) in [5, 5.41) is 3.76. The zero-order valence-corrected chi connectivity index (χ0v) is 15.7. The van der Waals surface area contributed by atoms with Gasteiger partial charge in [0.1, 0.15) is 5.58 Å². The van der Waals surface area contributed by atoms with Gasteiger partial charge in [0.15, 0.2) is 0 Å². The Kier molecular flexibility index (Phi) is 4.60. The lowest BCUT2D eigenvalue weighted by Gasteiger charge is -2.26. The molecule has 0 bridgehead atoms. The van der Waals surface area contributed by atoms with Crippen molar-refractivity contribution in [2.45, 2.75) is 52.0 Å². The quantitative estimate of drug-likeness (QED) is 0.668. The molecule has 5 nitrogen and oxygen atoms in total. The Bertz CT molecular complexity index is 1060. The Morgan fingerprint density at radius 2 is 1.85 bits per heavy atom. The first-order valence-corrected chi connectivity index (χ1v) is 9.56. The van der Waals surface area contributed by atoms with Crippen LogP contribution in [0.5, 0.6) is 0 Å². The molecule has 140 valence electrons. The first kappa shape index (κ1) is 17.6. The molecule has 0 radical (unpaired) electrons. The topological polar surface area (TPSA) is 64.2 Å². The minimum absolute atomic E-state index is 0.109. The highest BCUT2D eigenvalue weighted by atomic mass is 16.4. The molecule has 0 aliphatic heterocycles. The summed E-state index contributed by atoms with van der Waals surface area (Å²) in [6, 6.07) is 10.8. The van der Waals surface area contributed by atoms with Gasteiger partial charge in [0.2, 0.25) is 0 Å². The highest BCUT2D eigenvalue weighted by Gasteiger charge is 2.22. The van der Waals surface area contributed by atoms with Crippen LogP contribution in [0.2, 0.25) is 0 Å². The number of nitrogens with zero attached hydrogens (tertiary/aromatic N) is 1. The molecule has 1 aromatic carbocycles. The highest BCUT2D eigenvalue weighted by Crippen LogP contribution is 2.32. The molecule has 2 aromatic heterocycles. The van der Waals surface area contributed by atoms with Crippen LogP contribution in [0.3, 0.4) is 0 Å². The standard InChI is InChI=1S/C22H24N2O3/c1-14-12-19(15(2)24(14)18-6-4-3-5-7-18)22(26)23-17-9-10-20-16(13-17)8-11-21(25)27-20/h8-13,18H,3-7H2,1-2H3,(H,23,26). The summed E-state index contributed by atoms with van der Waals surface area (Å²) in [6.07, 6.45) is 6.21. The van der Waals surface area contributed by atoms with E-state index in [1.165, 1.54) is 38.2 Å². The molecule has 0 spiro atoms. The van der Waals surface area contributed by atoms with Gasteiger partial charge >= 0.3 is 5.63 Å². The van der Waals surface area contributed by atoms with Crippen molar-refractivity contribution < 1.29 is 9.21 Å². The molecule has 1 amide bonds. The molecule has 5 heteroatoms. The maximum absolute atomic E-state index is 12.9. The number of nitrogens with one attached hydrogen (secondary N) is 1. The second-order valence-corrected chi connectivity index (χ2v) is 7.41. The van der Waals surface area contributed by atoms with E-state index in [1.54, 1.807) is 18.2 Å². The maximum atomic E-state index is 12.9. The molecular formula is C22H24N2O3. The number of hydrogen-bond donors (Lipinski definition) is 1. The Labute approximate surface area is 158 Å². The molecule has 1 saturated carbocycles. The molecular weight excluding hydrogens is 340 g/mol. The molecule has 1 aliphatic carbocycles. The van der Waals surface area contributed by atoms with Crippen molar-refractivity contribution in [1.82, 2.24) is 4.57 Å². The summed E-state index contributed by atoms with van der Waals surface area (Å²) in [5.41, 5.74) is 3.71. The van der Waals surface area contributed by atoms with Crippen molar-refractivity contribution in [1.29, 1.82) is 0 Å². The van der Waals surface area contributed by atoms with E-state index >= 15 is 0 Å². The summed E-state index contributed by atoms with van der Waals surface area (Å²) in [4.78, 5) is 24.2. The zero-order valence-electron chi connectivity index (χ0n) is 15.7. The summed E-state index contributed by atoms with van der Waals surface area (Å²) in [6.45, 7) is 4.11. The number of aromatic nitrogens is 1. The van der Waals surface area contributed by atoms with Crippen LogP contribution < -0.4 is 10.9 Å². The number of benzene rings is 1. The smallest absolute Gasteiger partial charge is 0.336 e. The monoisotopic (exact) mass is 364 g/mol. The van der Waals surface area contributed by atoms with Crippen molar-refractivity contribution >= 4 is 22.6 Å². The van der Waals surface area contributed by atoms with Crippen molar-refractivity contribution in [2.75, 3.05) is 5.32 Å². The van der Waals surface area contributed by atoms with Crippen molar-refractivity contribution in [2.24, 2.45) is 0 Å². The van der Waals surface area contributed by atoms with E-state index in [0.717, 1.165) is 22.3 Å². The van der Waals surface area contributed by atoms with Crippen LogP contribution in [0, 0.1) is 13.8 Å². The van der Waals surface area contributed by atoms with E-state index in [4.69, 9.17) is 4.42 Å². The molecule has 27 heavy (non-hydrogen) atoms. The summed E-state index contributed by atoms with van der Waals surface area (Å²) in [5.74, 6) is -0.109. The predicted molar refractivity (Wildman–Crippen MR) is 106 cm³/mol. The fourth-order valence-electron chi connectivity index (χ4n) is 4.26. The minimum Gasteiger partial charge on any atom is -0.423 e. The van der Waals surface area contributed by atoms with Crippen LogP contribution >= 0.6 is 0 Å². The molecule has 0 atom stereocenters. The van der Waals surface area contributed by atoms with Crippen molar-refractivity contribution in [3.05, 3.63) is 63.8 Å². The molecule has 2 heterocycles. The van der Waals surface area contributed by atoms with Gasteiger partial charge in [-0.15, -0.1) is 0 Å². The third kappa shape index (κ3) is 3.42.